The molecule has 23 heavy (non-hydrogen) atoms. The number of halogens is 3. The number of hydrogen-bond donors (Lipinski definition) is 2. The van der Waals surface area contributed by atoms with E-state index in [1.807, 2.05) is 0 Å². The molecule has 0 aliphatic carbocycles. The molecule has 9 heteroatoms. The fourth-order valence-corrected chi connectivity index (χ4v) is 2.25. The molecule has 0 atom stereocenters. The first-order valence-corrected chi connectivity index (χ1v) is 6.79. The predicted molar refractivity (Wildman–Crippen MR) is 82.4 cm³/mol. The van der Waals surface area contributed by atoms with Crippen LogP contribution in [0.25, 0.3) is 11.3 Å². The van der Waals surface area contributed by atoms with E-state index in [2.05, 4.69) is 9.72 Å². The Morgan fingerprint density at radius 1 is 1.35 bits per heavy atom. The lowest BCUT2D eigenvalue weighted by Crippen LogP contribution is -2.09. The summed E-state index contributed by atoms with van der Waals surface area (Å²) in [6.45, 7) is 0. The van der Waals surface area contributed by atoms with E-state index in [1.54, 1.807) is 0 Å². The predicted octanol–water partition coefficient (Wildman–Crippen LogP) is 3.26. The molecule has 6 nitrogen and oxygen atoms in total. The van der Waals surface area contributed by atoms with Crippen LogP contribution >= 0.6 is 23.2 Å². The summed E-state index contributed by atoms with van der Waals surface area (Å²) in [4.78, 5) is 26.9. The van der Waals surface area contributed by atoms with Gasteiger partial charge >= 0.3 is 11.9 Å². The van der Waals surface area contributed by atoms with Crippen molar-refractivity contribution in [3.05, 3.63) is 45.3 Å². The number of nitrogens with two attached hydrogens (primary N) is 1. The number of carboxylic acids is 1. The van der Waals surface area contributed by atoms with Crippen molar-refractivity contribution in [3.8, 4) is 11.3 Å². The van der Waals surface area contributed by atoms with Gasteiger partial charge in [-0.25, -0.2) is 19.0 Å². The smallest absolute Gasteiger partial charge is 0.356 e. The van der Waals surface area contributed by atoms with E-state index in [1.165, 1.54) is 12.1 Å². The van der Waals surface area contributed by atoms with Crippen molar-refractivity contribution >= 4 is 40.8 Å². The molecule has 1 aromatic carbocycles. The molecule has 0 radical (unpaired) electrons. The van der Waals surface area contributed by atoms with E-state index >= 15 is 0 Å². The Morgan fingerprint density at radius 3 is 2.57 bits per heavy atom. The fourth-order valence-electron chi connectivity index (χ4n) is 1.89. The van der Waals surface area contributed by atoms with Gasteiger partial charge in [0.2, 0.25) is 0 Å². The second kappa shape index (κ2) is 6.39. The fraction of sp³-hybridized carbons (Fsp3) is 0.0714. The largest absolute Gasteiger partial charge is 0.478 e. The number of aromatic nitrogens is 1. The van der Waals surface area contributed by atoms with Crippen LogP contribution in [0.4, 0.5) is 10.1 Å². The molecular formula is C14H9Cl2FN2O4. The number of ether oxygens (including phenoxy) is 1. The molecule has 0 saturated carbocycles. The number of esters is 1. The maximum absolute atomic E-state index is 14.0. The molecule has 0 aliphatic rings. The number of carbonyl (C=O) groups is 2. The number of methoxy groups -OCH3 is 1. The standard InChI is InChI=1S/C14H9Cl2FN2O4/c1-23-14(22)8-4-7(18)10(16)12(19-8)5-2-3-6(15)11(17)9(5)13(20)21/h2-4H,1H3,(H2,18,19)(H,20,21). The topological polar surface area (TPSA) is 103 Å². The van der Waals surface area contributed by atoms with E-state index in [-0.39, 0.29) is 32.7 Å². The number of nitrogens with zero attached hydrogens (tertiary/aromatic N) is 1. The van der Waals surface area contributed by atoms with Crippen molar-refractivity contribution in [3.63, 3.8) is 0 Å². The summed E-state index contributed by atoms with van der Waals surface area (Å²) in [6, 6.07) is 3.55. The molecule has 0 unspecified atom stereocenters. The summed E-state index contributed by atoms with van der Waals surface area (Å²) >= 11 is 11.6. The molecule has 1 aromatic heterocycles. The summed E-state index contributed by atoms with van der Waals surface area (Å²) in [5, 5.41) is 8.73. The zero-order valence-corrected chi connectivity index (χ0v) is 13.1. The molecular weight excluding hydrogens is 350 g/mol. The van der Waals surface area contributed by atoms with Gasteiger partial charge in [-0.1, -0.05) is 29.3 Å². The van der Waals surface area contributed by atoms with Crippen LogP contribution in [-0.4, -0.2) is 29.1 Å². The number of rotatable bonds is 3. The highest BCUT2D eigenvalue weighted by Gasteiger charge is 2.24. The van der Waals surface area contributed by atoms with Gasteiger partial charge in [-0.3, -0.25) is 0 Å². The van der Waals surface area contributed by atoms with Crippen molar-refractivity contribution in [1.29, 1.82) is 0 Å². The molecule has 2 rings (SSSR count). The molecule has 0 fully saturated rings. The number of benzene rings is 1. The van der Waals surface area contributed by atoms with E-state index in [0.29, 0.717) is 0 Å². The minimum Gasteiger partial charge on any atom is -0.478 e. The summed E-state index contributed by atoms with van der Waals surface area (Å²) in [5.74, 6) is -3.52. The second-order valence-corrected chi connectivity index (χ2v) is 5.13. The molecule has 0 spiro atoms. The summed E-state index contributed by atoms with van der Waals surface area (Å²) in [5.41, 5.74) is 4.40. The van der Waals surface area contributed by atoms with Crippen LogP contribution in [0.5, 0.6) is 0 Å². The molecule has 0 aliphatic heterocycles. The molecule has 1 heterocycles. The van der Waals surface area contributed by atoms with E-state index in [0.717, 1.165) is 13.2 Å². The lowest BCUT2D eigenvalue weighted by atomic mass is 10.0. The van der Waals surface area contributed by atoms with Gasteiger partial charge < -0.3 is 15.6 Å². The minimum atomic E-state index is -1.57. The van der Waals surface area contributed by atoms with Gasteiger partial charge in [0.05, 0.1) is 28.5 Å². The normalized spacial score (nSPS) is 10.4. The van der Waals surface area contributed by atoms with Gasteiger partial charge in [0.15, 0.2) is 11.5 Å². The highest BCUT2D eigenvalue weighted by Crippen LogP contribution is 2.36. The average Bonchev–Trinajstić information content (AvgIpc) is 2.51. The number of aromatic carboxylic acids is 1. The van der Waals surface area contributed by atoms with Crippen molar-refractivity contribution < 1.29 is 23.8 Å². The number of carboxylic acid groups (broad SMARTS) is 1. The first-order chi connectivity index (χ1) is 10.8. The third kappa shape index (κ3) is 3.06. The van der Waals surface area contributed by atoms with Crippen LogP contribution in [0.3, 0.4) is 0 Å². The third-order valence-corrected chi connectivity index (χ3v) is 3.63. The molecule has 0 saturated heterocycles. The van der Waals surface area contributed by atoms with Crippen molar-refractivity contribution in [2.24, 2.45) is 0 Å². The Kier molecular flexibility index (Phi) is 4.72. The van der Waals surface area contributed by atoms with Gasteiger partial charge in [0, 0.05) is 5.56 Å². The van der Waals surface area contributed by atoms with Crippen LogP contribution in [0.1, 0.15) is 20.8 Å². The SMILES string of the molecule is COC(=O)c1cc(N)c(Cl)c(-c2ccc(Cl)c(F)c2C(=O)O)n1. The van der Waals surface area contributed by atoms with Gasteiger partial charge in [-0.2, -0.15) is 0 Å². The zero-order chi connectivity index (χ0) is 17.3. The number of carbonyl (C=O) groups excluding carboxylic acids is 1. The Labute approximate surface area is 139 Å². The van der Waals surface area contributed by atoms with Crippen molar-refractivity contribution in [2.45, 2.75) is 0 Å². The van der Waals surface area contributed by atoms with Crippen LogP contribution in [0.15, 0.2) is 18.2 Å². The average molecular weight is 359 g/mol. The summed E-state index contributed by atoms with van der Waals surface area (Å²) < 4.78 is 18.6. The molecule has 120 valence electrons. The first-order valence-electron chi connectivity index (χ1n) is 6.04. The number of pyridine rings is 1. The summed E-state index contributed by atoms with van der Waals surface area (Å²) in [7, 11) is 1.14. The molecule has 2 aromatic rings. The van der Waals surface area contributed by atoms with Crippen molar-refractivity contribution in [2.75, 3.05) is 12.8 Å². The molecule has 0 amide bonds. The lowest BCUT2D eigenvalue weighted by molar-refractivity contribution is 0.0593. The van der Waals surface area contributed by atoms with Crippen LogP contribution in [0, 0.1) is 5.82 Å². The Hall–Kier alpha value is -2.38. The van der Waals surface area contributed by atoms with Crippen LogP contribution in [0.2, 0.25) is 10.0 Å². The van der Waals surface area contributed by atoms with Crippen LogP contribution < -0.4 is 5.73 Å². The number of hydrogen-bond acceptors (Lipinski definition) is 5. The molecule has 3 N–H and O–H groups in total. The Bertz CT molecular complexity index is 827. The number of anilines is 1. The highest BCUT2D eigenvalue weighted by molar-refractivity contribution is 6.36. The lowest BCUT2D eigenvalue weighted by Gasteiger charge is -2.12. The van der Waals surface area contributed by atoms with E-state index in [9.17, 15) is 19.1 Å². The quantitative estimate of drug-likeness (QED) is 0.816. The van der Waals surface area contributed by atoms with Gasteiger partial charge in [-0.15, -0.1) is 0 Å². The number of nitrogen functional groups attached to an aromatic ring is 1. The molecule has 0 bridgehead atoms. The Morgan fingerprint density at radius 2 is 2.00 bits per heavy atom. The Balaban J connectivity index is 2.82. The van der Waals surface area contributed by atoms with E-state index in [4.69, 9.17) is 28.9 Å². The maximum atomic E-state index is 14.0. The third-order valence-electron chi connectivity index (χ3n) is 2.94. The zero-order valence-electron chi connectivity index (χ0n) is 11.6. The highest BCUT2D eigenvalue weighted by atomic mass is 35.5. The van der Waals surface area contributed by atoms with Crippen molar-refractivity contribution in [1.82, 2.24) is 4.98 Å². The monoisotopic (exact) mass is 358 g/mol. The summed E-state index contributed by atoms with van der Waals surface area (Å²) in [6.07, 6.45) is 0. The van der Waals surface area contributed by atoms with E-state index < -0.39 is 23.3 Å². The first kappa shape index (κ1) is 17.0. The second-order valence-electron chi connectivity index (χ2n) is 4.34. The maximum Gasteiger partial charge on any atom is 0.356 e. The van der Waals surface area contributed by atoms with Gasteiger partial charge in [0.25, 0.3) is 0 Å². The van der Waals surface area contributed by atoms with Gasteiger partial charge in [-0.05, 0) is 12.1 Å². The van der Waals surface area contributed by atoms with Gasteiger partial charge in [0.1, 0.15) is 5.56 Å². The minimum absolute atomic E-state index is 0.0382. The van der Waals surface area contributed by atoms with Crippen LogP contribution in [-0.2, 0) is 4.74 Å².